The predicted molar refractivity (Wildman–Crippen MR) is 122 cm³/mol. The minimum Gasteiger partial charge on any atom is -0.446 e. The van der Waals surface area contributed by atoms with Gasteiger partial charge in [-0.25, -0.2) is 9.18 Å². The van der Waals surface area contributed by atoms with Gasteiger partial charge in [-0.1, -0.05) is 11.6 Å². The van der Waals surface area contributed by atoms with Gasteiger partial charge in [0.05, 0.1) is 5.56 Å². The molecule has 2 unspecified atom stereocenters. The maximum absolute atomic E-state index is 15.3. The summed E-state index contributed by atoms with van der Waals surface area (Å²) in [6, 6.07) is -0.0387. The van der Waals surface area contributed by atoms with Crippen molar-refractivity contribution in [3.63, 3.8) is 0 Å². The highest BCUT2D eigenvalue weighted by Crippen LogP contribution is 2.37. The van der Waals surface area contributed by atoms with E-state index in [4.69, 9.17) is 16.3 Å². The van der Waals surface area contributed by atoms with E-state index in [0.29, 0.717) is 0 Å². The summed E-state index contributed by atoms with van der Waals surface area (Å²) in [5, 5.41) is 7.05. The Morgan fingerprint density at radius 3 is 2.66 bits per heavy atom. The van der Waals surface area contributed by atoms with Gasteiger partial charge in [-0.2, -0.15) is 13.2 Å². The number of alkyl carbamates (subject to hydrolysis) is 1. The molecule has 4 aliphatic rings. The van der Waals surface area contributed by atoms with Crippen molar-refractivity contribution < 1.29 is 41.5 Å². The van der Waals surface area contributed by atoms with Crippen molar-refractivity contribution in [2.24, 2.45) is 0 Å². The normalized spacial score (nSPS) is 27.7. The Kier molecular flexibility index (Phi) is 6.99. The zero-order chi connectivity index (χ0) is 27.4. The Bertz CT molecular complexity index is 1190. The van der Waals surface area contributed by atoms with Gasteiger partial charge in [0.15, 0.2) is 6.17 Å². The molecule has 1 aliphatic carbocycles. The van der Waals surface area contributed by atoms with E-state index in [1.54, 1.807) is 0 Å². The molecule has 0 aromatic heterocycles. The number of nitrogens with one attached hydrogen (secondary N) is 3. The fourth-order valence-electron chi connectivity index (χ4n) is 5.38. The molecule has 0 spiro atoms. The van der Waals surface area contributed by atoms with Gasteiger partial charge in [0.2, 0.25) is 11.8 Å². The van der Waals surface area contributed by atoms with Crippen molar-refractivity contribution in [1.29, 1.82) is 0 Å². The molecule has 3 aliphatic heterocycles. The molecule has 1 saturated carbocycles. The number of fused-ring (bicyclic) bond motifs is 1. The van der Waals surface area contributed by atoms with Crippen LogP contribution < -0.4 is 16.0 Å². The number of carbonyl (C=O) groups is 4. The maximum Gasteiger partial charge on any atom is 0.417 e. The van der Waals surface area contributed by atoms with Crippen LogP contribution in [0, 0.1) is 5.82 Å². The summed E-state index contributed by atoms with van der Waals surface area (Å²) in [4.78, 5) is 51.3. The van der Waals surface area contributed by atoms with Gasteiger partial charge in [-0.3, -0.25) is 29.9 Å². The predicted octanol–water partition coefficient (Wildman–Crippen LogP) is 1.79. The number of benzene rings is 1. The standard InChI is InChI=1S/C23H24ClF4N5O5/c24-14-5-10(18(25)17-13(14)9-33(20(17)36)15-1-2-16(34)31-19(15)35)8-30-22(37)38-12-6-11(7-12)32-4-3-29-21(32)23(26,27)28/h5,11-12,15,21,29H,1-4,6-9H2,(H,30,37)(H,31,34,35). The second-order valence-electron chi connectivity index (χ2n) is 9.73. The molecular formula is C23H24ClF4N5O5. The number of alkyl halides is 3. The minimum absolute atomic E-state index is 0.0452. The van der Waals surface area contributed by atoms with Gasteiger partial charge in [0.1, 0.15) is 18.0 Å². The molecule has 0 radical (unpaired) electrons. The smallest absolute Gasteiger partial charge is 0.417 e. The van der Waals surface area contributed by atoms with Crippen LogP contribution in [-0.4, -0.2) is 77.2 Å². The fraction of sp³-hybridized carbons (Fsp3) is 0.565. The largest absolute Gasteiger partial charge is 0.446 e. The average Bonchev–Trinajstić information content (AvgIpc) is 3.43. The first kappa shape index (κ1) is 26.6. The van der Waals surface area contributed by atoms with Crippen LogP contribution in [0.4, 0.5) is 22.4 Å². The number of piperidine rings is 1. The first-order chi connectivity index (χ1) is 17.9. The number of rotatable bonds is 5. The van der Waals surface area contributed by atoms with Gasteiger partial charge in [-0.05, 0) is 12.5 Å². The minimum atomic E-state index is -4.40. The van der Waals surface area contributed by atoms with Crippen LogP contribution in [-0.2, 0) is 27.4 Å². The number of hydrogen-bond acceptors (Lipinski definition) is 7. The third kappa shape index (κ3) is 4.92. The zero-order valence-electron chi connectivity index (χ0n) is 19.9. The Morgan fingerprint density at radius 2 is 1.97 bits per heavy atom. The van der Waals surface area contributed by atoms with Crippen molar-refractivity contribution in [2.45, 2.75) is 69.3 Å². The van der Waals surface area contributed by atoms with E-state index >= 15 is 4.39 Å². The quantitative estimate of drug-likeness (QED) is 0.370. The van der Waals surface area contributed by atoms with E-state index in [0.717, 1.165) is 0 Å². The summed E-state index contributed by atoms with van der Waals surface area (Å²) in [5.74, 6) is -2.73. The van der Waals surface area contributed by atoms with E-state index < -0.39 is 54.1 Å². The first-order valence-corrected chi connectivity index (χ1v) is 12.5. The first-order valence-electron chi connectivity index (χ1n) is 12.1. The number of carbonyl (C=O) groups excluding carboxylic acids is 4. The molecule has 206 valence electrons. The van der Waals surface area contributed by atoms with Crippen LogP contribution in [0.15, 0.2) is 6.07 Å². The SMILES string of the molecule is O=C1CCC(N2Cc3c(Cl)cc(CNC(=O)OC4CC(N5CCNC5C(F)(F)F)C4)c(F)c3C2=O)C(=O)N1. The molecule has 5 rings (SSSR count). The van der Waals surface area contributed by atoms with Crippen LogP contribution in [0.25, 0.3) is 0 Å². The number of halogens is 5. The molecule has 2 atom stereocenters. The molecule has 1 aromatic rings. The van der Waals surface area contributed by atoms with Gasteiger partial charge in [0.25, 0.3) is 5.91 Å². The number of hydrogen-bond donors (Lipinski definition) is 3. The van der Waals surface area contributed by atoms with Crippen LogP contribution in [0.1, 0.15) is 47.2 Å². The topological polar surface area (TPSA) is 120 Å². The second-order valence-corrected chi connectivity index (χ2v) is 10.1. The van der Waals surface area contributed by atoms with E-state index in [1.165, 1.54) is 15.9 Å². The molecule has 2 saturated heterocycles. The van der Waals surface area contributed by atoms with E-state index in [2.05, 4.69) is 16.0 Å². The van der Waals surface area contributed by atoms with Gasteiger partial charge >= 0.3 is 12.3 Å². The average molecular weight is 562 g/mol. The number of imide groups is 1. The van der Waals surface area contributed by atoms with Gasteiger partial charge in [0, 0.05) is 67.6 Å². The van der Waals surface area contributed by atoms with Crippen molar-refractivity contribution >= 4 is 35.4 Å². The van der Waals surface area contributed by atoms with Crippen molar-refractivity contribution in [2.75, 3.05) is 13.1 Å². The van der Waals surface area contributed by atoms with Crippen molar-refractivity contribution in [3.8, 4) is 0 Å². The van der Waals surface area contributed by atoms with Crippen molar-refractivity contribution in [1.82, 2.24) is 25.8 Å². The second kappa shape index (κ2) is 9.97. The Labute approximate surface area is 219 Å². The lowest BCUT2D eigenvalue weighted by molar-refractivity contribution is -0.194. The summed E-state index contributed by atoms with van der Waals surface area (Å²) in [6.45, 7) is 0.00340. The van der Waals surface area contributed by atoms with Crippen LogP contribution in [0.2, 0.25) is 5.02 Å². The fourth-order valence-corrected chi connectivity index (χ4v) is 5.66. The lowest BCUT2D eigenvalue weighted by Gasteiger charge is -2.42. The summed E-state index contributed by atoms with van der Waals surface area (Å²) < 4.78 is 59.9. The molecule has 10 nitrogen and oxygen atoms in total. The van der Waals surface area contributed by atoms with Crippen LogP contribution >= 0.6 is 11.6 Å². The zero-order valence-corrected chi connectivity index (χ0v) is 20.6. The molecule has 15 heteroatoms. The maximum atomic E-state index is 15.3. The van der Waals surface area contributed by atoms with E-state index in [9.17, 15) is 32.3 Å². The monoisotopic (exact) mass is 561 g/mol. The third-order valence-corrected chi connectivity index (χ3v) is 7.70. The number of nitrogens with zero attached hydrogens (tertiary/aromatic N) is 2. The summed E-state index contributed by atoms with van der Waals surface area (Å²) in [5.41, 5.74) is -0.168. The molecule has 3 fully saturated rings. The Hall–Kier alpha value is -2.97. The van der Waals surface area contributed by atoms with Gasteiger partial charge in [-0.15, -0.1) is 0 Å². The Balaban J connectivity index is 1.16. The molecule has 3 heterocycles. The highest BCUT2D eigenvalue weighted by Gasteiger charge is 2.51. The highest BCUT2D eigenvalue weighted by molar-refractivity contribution is 6.32. The molecule has 3 N–H and O–H groups in total. The molecule has 1 aromatic carbocycles. The summed E-state index contributed by atoms with van der Waals surface area (Å²) >= 11 is 6.30. The third-order valence-electron chi connectivity index (χ3n) is 7.37. The number of ether oxygens (including phenoxy) is 1. The molecule has 38 heavy (non-hydrogen) atoms. The summed E-state index contributed by atoms with van der Waals surface area (Å²) in [6.07, 6.45) is -6.94. The molecular weight excluding hydrogens is 538 g/mol. The molecule has 0 bridgehead atoms. The van der Waals surface area contributed by atoms with Crippen LogP contribution in [0.3, 0.4) is 0 Å². The van der Waals surface area contributed by atoms with Gasteiger partial charge < -0.3 is 15.0 Å². The molecule has 4 amide bonds. The van der Waals surface area contributed by atoms with Crippen LogP contribution in [0.5, 0.6) is 0 Å². The Morgan fingerprint density at radius 1 is 1.24 bits per heavy atom. The lowest BCUT2D eigenvalue weighted by atomic mass is 9.87. The lowest BCUT2D eigenvalue weighted by Crippen LogP contribution is -2.57. The van der Waals surface area contributed by atoms with E-state index in [-0.39, 0.29) is 79.6 Å². The number of amides is 4. The van der Waals surface area contributed by atoms with Crippen molar-refractivity contribution in [3.05, 3.63) is 33.6 Å². The summed E-state index contributed by atoms with van der Waals surface area (Å²) in [7, 11) is 0. The highest BCUT2D eigenvalue weighted by atomic mass is 35.5. The van der Waals surface area contributed by atoms with E-state index in [1.807, 2.05) is 0 Å².